The lowest BCUT2D eigenvalue weighted by Gasteiger charge is -2.07. The molecule has 0 aliphatic rings. The number of hydrogen-bond acceptors (Lipinski definition) is 4. The maximum atomic E-state index is 12.8. The number of anilines is 1. The van der Waals surface area contributed by atoms with E-state index < -0.39 is 5.91 Å². The van der Waals surface area contributed by atoms with Crippen LogP contribution in [0.5, 0.6) is 0 Å². The molecule has 0 atom stereocenters. The van der Waals surface area contributed by atoms with Crippen LogP contribution in [0.25, 0.3) is 17.3 Å². The number of rotatable bonds is 6. The number of nitrogens with zero attached hydrogens (tertiary/aromatic N) is 4. The second-order valence-electron chi connectivity index (χ2n) is 7.08. The summed E-state index contributed by atoms with van der Waals surface area (Å²) >= 11 is 12.2. The number of benzene rings is 2. The highest BCUT2D eigenvalue weighted by atomic mass is 35.5. The van der Waals surface area contributed by atoms with Crippen molar-refractivity contribution in [2.45, 2.75) is 6.54 Å². The molecule has 0 radical (unpaired) electrons. The molecule has 0 aliphatic heterocycles. The molecule has 0 saturated carbocycles. The summed E-state index contributed by atoms with van der Waals surface area (Å²) in [6.45, 7) is 0.536. The molecule has 1 N–H and O–H groups in total. The summed E-state index contributed by atoms with van der Waals surface area (Å²) in [6.07, 6.45) is 6.66. The van der Waals surface area contributed by atoms with E-state index in [2.05, 4.69) is 15.4 Å². The van der Waals surface area contributed by atoms with Crippen LogP contribution < -0.4 is 5.32 Å². The van der Waals surface area contributed by atoms with Crippen molar-refractivity contribution in [1.29, 1.82) is 5.26 Å². The van der Waals surface area contributed by atoms with Crippen LogP contribution in [0.1, 0.15) is 11.1 Å². The maximum absolute atomic E-state index is 12.8. The second kappa shape index (κ2) is 10.1. The molecular formula is C25H17Cl2N5O. The predicted molar refractivity (Wildman–Crippen MR) is 130 cm³/mol. The van der Waals surface area contributed by atoms with Gasteiger partial charge in [0.05, 0.1) is 22.3 Å². The van der Waals surface area contributed by atoms with Crippen LogP contribution in [0.3, 0.4) is 0 Å². The Kier molecular flexibility index (Phi) is 6.84. The number of hydrogen-bond donors (Lipinski definition) is 1. The van der Waals surface area contributed by atoms with Gasteiger partial charge in [0.15, 0.2) is 0 Å². The zero-order valence-electron chi connectivity index (χ0n) is 17.2. The van der Waals surface area contributed by atoms with Gasteiger partial charge in [0.2, 0.25) is 0 Å². The lowest BCUT2D eigenvalue weighted by atomic mass is 10.1. The molecule has 1 amide bonds. The fourth-order valence-electron chi connectivity index (χ4n) is 3.22. The third-order valence-corrected chi connectivity index (χ3v) is 5.60. The van der Waals surface area contributed by atoms with Gasteiger partial charge in [-0.15, -0.1) is 0 Å². The van der Waals surface area contributed by atoms with Crippen molar-refractivity contribution in [3.8, 4) is 17.3 Å². The van der Waals surface area contributed by atoms with Crippen LogP contribution in [0.4, 0.5) is 5.69 Å². The van der Waals surface area contributed by atoms with Gasteiger partial charge in [-0.2, -0.15) is 10.4 Å². The molecule has 8 heteroatoms. The summed E-state index contributed by atoms with van der Waals surface area (Å²) in [7, 11) is 0. The van der Waals surface area contributed by atoms with Crippen LogP contribution in [0, 0.1) is 11.3 Å². The smallest absolute Gasteiger partial charge is 0.266 e. The van der Waals surface area contributed by atoms with Gasteiger partial charge in [-0.25, -0.2) is 0 Å². The Morgan fingerprint density at radius 1 is 1.09 bits per heavy atom. The molecule has 6 nitrogen and oxygen atoms in total. The molecule has 2 aromatic heterocycles. The Bertz CT molecular complexity index is 1360. The van der Waals surface area contributed by atoms with Gasteiger partial charge in [0.1, 0.15) is 17.3 Å². The second-order valence-corrected chi connectivity index (χ2v) is 7.87. The number of nitrogens with one attached hydrogen (secondary N) is 1. The van der Waals surface area contributed by atoms with Crippen molar-refractivity contribution in [3.05, 3.63) is 106 Å². The average Bonchev–Trinajstić information content (AvgIpc) is 3.23. The van der Waals surface area contributed by atoms with Crippen molar-refractivity contribution >= 4 is 40.9 Å². The largest absolute Gasteiger partial charge is 0.320 e. The van der Waals surface area contributed by atoms with Crippen LogP contribution in [-0.2, 0) is 11.3 Å². The summed E-state index contributed by atoms with van der Waals surface area (Å²) in [4.78, 5) is 17.0. The van der Waals surface area contributed by atoms with E-state index in [9.17, 15) is 10.1 Å². The molecule has 162 valence electrons. The molecule has 0 aliphatic carbocycles. The minimum absolute atomic E-state index is 0.101. The predicted octanol–water partition coefficient (Wildman–Crippen LogP) is 5.85. The summed E-state index contributed by atoms with van der Waals surface area (Å²) in [5.74, 6) is -0.602. The fourth-order valence-corrected chi connectivity index (χ4v) is 3.56. The van der Waals surface area contributed by atoms with Crippen molar-refractivity contribution < 1.29 is 4.79 Å². The van der Waals surface area contributed by atoms with Gasteiger partial charge in [-0.3, -0.25) is 14.5 Å². The lowest BCUT2D eigenvalue weighted by molar-refractivity contribution is -0.112. The van der Waals surface area contributed by atoms with E-state index in [1.165, 1.54) is 6.08 Å². The van der Waals surface area contributed by atoms with Gasteiger partial charge in [0, 0.05) is 29.7 Å². The van der Waals surface area contributed by atoms with E-state index in [0.717, 1.165) is 11.1 Å². The Labute approximate surface area is 200 Å². The highest BCUT2D eigenvalue weighted by Crippen LogP contribution is 2.30. The molecule has 0 spiro atoms. The van der Waals surface area contributed by atoms with E-state index in [4.69, 9.17) is 23.2 Å². The Balaban J connectivity index is 1.70. The van der Waals surface area contributed by atoms with Crippen LogP contribution in [0.2, 0.25) is 10.0 Å². The van der Waals surface area contributed by atoms with Crippen molar-refractivity contribution in [3.63, 3.8) is 0 Å². The zero-order chi connectivity index (χ0) is 23.2. The summed E-state index contributed by atoms with van der Waals surface area (Å²) in [6, 6.07) is 20.4. The van der Waals surface area contributed by atoms with E-state index in [1.54, 1.807) is 47.5 Å². The normalized spacial score (nSPS) is 11.1. The molecular weight excluding hydrogens is 457 g/mol. The van der Waals surface area contributed by atoms with Crippen LogP contribution in [0.15, 0.2) is 84.8 Å². The Hall–Kier alpha value is -3.92. The number of nitriles is 1. The number of halogens is 2. The Morgan fingerprint density at radius 2 is 1.91 bits per heavy atom. The van der Waals surface area contributed by atoms with Gasteiger partial charge in [-0.1, -0.05) is 59.6 Å². The Morgan fingerprint density at radius 3 is 2.64 bits per heavy atom. The third-order valence-electron chi connectivity index (χ3n) is 4.78. The number of carbonyl (C=O) groups excluding carboxylic acids is 1. The lowest BCUT2D eigenvalue weighted by Crippen LogP contribution is -2.13. The number of amides is 1. The maximum Gasteiger partial charge on any atom is 0.266 e. The van der Waals surface area contributed by atoms with Crippen LogP contribution in [-0.4, -0.2) is 20.7 Å². The molecule has 2 aromatic carbocycles. The number of pyridine rings is 1. The topological polar surface area (TPSA) is 83.6 Å². The summed E-state index contributed by atoms with van der Waals surface area (Å²) in [5.41, 5.74) is 3.29. The zero-order valence-corrected chi connectivity index (χ0v) is 18.8. The van der Waals surface area contributed by atoms with Crippen LogP contribution >= 0.6 is 23.2 Å². The van der Waals surface area contributed by atoms with Crippen molar-refractivity contribution in [2.24, 2.45) is 0 Å². The summed E-state index contributed by atoms with van der Waals surface area (Å²) in [5, 5.41) is 17.5. The monoisotopic (exact) mass is 473 g/mol. The minimum Gasteiger partial charge on any atom is -0.320 e. The first-order valence-corrected chi connectivity index (χ1v) is 10.7. The molecule has 33 heavy (non-hydrogen) atoms. The number of aromatic nitrogens is 3. The highest BCUT2D eigenvalue weighted by Gasteiger charge is 2.16. The average molecular weight is 474 g/mol. The van der Waals surface area contributed by atoms with E-state index in [-0.39, 0.29) is 10.6 Å². The van der Waals surface area contributed by atoms with E-state index in [0.29, 0.717) is 28.5 Å². The third kappa shape index (κ3) is 5.29. The quantitative estimate of drug-likeness (QED) is 0.281. The first-order chi connectivity index (χ1) is 16.0. The fraction of sp³-hybridized carbons (Fsp3) is 0.0400. The molecule has 2 heterocycles. The highest BCUT2D eigenvalue weighted by molar-refractivity contribution is 6.44. The van der Waals surface area contributed by atoms with Crippen molar-refractivity contribution in [1.82, 2.24) is 14.8 Å². The first-order valence-electron chi connectivity index (χ1n) is 9.94. The molecule has 0 saturated heterocycles. The minimum atomic E-state index is -0.602. The number of carbonyl (C=O) groups is 1. The van der Waals surface area contributed by atoms with Gasteiger partial charge < -0.3 is 5.32 Å². The molecule has 4 rings (SSSR count). The van der Waals surface area contributed by atoms with E-state index in [1.807, 2.05) is 42.5 Å². The van der Waals surface area contributed by atoms with Crippen molar-refractivity contribution in [2.75, 3.05) is 5.32 Å². The SMILES string of the molecule is N#C/C(=C\c1cn(Cc2ccccc2)nc1-c1cccnc1)C(=O)Nc1cccc(Cl)c1Cl. The van der Waals surface area contributed by atoms with Gasteiger partial charge >= 0.3 is 0 Å². The molecule has 0 unspecified atom stereocenters. The molecule has 0 bridgehead atoms. The first kappa shape index (κ1) is 22.3. The van der Waals surface area contributed by atoms with Gasteiger partial charge in [-0.05, 0) is 35.9 Å². The standard InChI is InChI=1S/C25H17Cl2N5O/c26-21-9-4-10-22(23(21)27)30-25(33)19(13-28)12-20-16-32(15-17-6-2-1-3-7-17)31-24(20)18-8-5-11-29-14-18/h1-12,14,16H,15H2,(H,30,33)/b19-12+. The van der Waals surface area contributed by atoms with Gasteiger partial charge in [0.25, 0.3) is 5.91 Å². The molecule has 0 fully saturated rings. The molecule has 4 aromatic rings. The summed E-state index contributed by atoms with van der Waals surface area (Å²) < 4.78 is 1.77. The van der Waals surface area contributed by atoms with E-state index >= 15 is 0 Å².